The van der Waals surface area contributed by atoms with Gasteiger partial charge in [-0.15, -0.1) is 10.2 Å². The molecule has 0 aliphatic carbocycles. The zero-order valence-electron chi connectivity index (χ0n) is 18.3. The highest BCUT2D eigenvalue weighted by Gasteiger charge is 2.30. The van der Waals surface area contributed by atoms with Gasteiger partial charge in [0.25, 0.3) is 11.8 Å². The van der Waals surface area contributed by atoms with Gasteiger partial charge < -0.3 is 15.5 Å². The van der Waals surface area contributed by atoms with E-state index >= 15 is 0 Å². The lowest BCUT2D eigenvalue weighted by molar-refractivity contribution is -0.126. The minimum Gasteiger partial charge on any atom is -0.352 e. The van der Waals surface area contributed by atoms with Crippen molar-refractivity contribution in [1.29, 1.82) is 0 Å². The van der Waals surface area contributed by atoms with E-state index in [1.165, 1.54) is 0 Å². The van der Waals surface area contributed by atoms with Crippen LogP contribution >= 0.6 is 11.3 Å². The predicted molar refractivity (Wildman–Crippen MR) is 126 cm³/mol. The molecule has 2 heterocycles. The van der Waals surface area contributed by atoms with E-state index in [4.69, 9.17) is 0 Å². The van der Waals surface area contributed by atoms with E-state index in [9.17, 15) is 14.4 Å². The monoisotopic (exact) mass is 463 g/mol. The average Bonchev–Trinajstić information content (AvgIpc) is 3.34. The number of nitrogens with zero attached hydrogens (tertiary/aromatic N) is 3. The number of hydrogen-bond acceptors (Lipinski definition) is 6. The second-order valence-corrected chi connectivity index (χ2v) is 8.94. The summed E-state index contributed by atoms with van der Waals surface area (Å²) < 4.78 is 0. The van der Waals surface area contributed by atoms with Crippen molar-refractivity contribution in [3.05, 3.63) is 75.7 Å². The largest absolute Gasteiger partial charge is 0.352 e. The quantitative estimate of drug-likeness (QED) is 0.584. The third kappa shape index (κ3) is 5.61. The Balaban J connectivity index is 1.34. The molecule has 0 unspecified atom stereocenters. The Bertz CT molecular complexity index is 1150. The molecule has 33 heavy (non-hydrogen) atoms. The summed E-state index contributed by atoms with van der Waals surface area (Å²) in [6.45, 7) is 3.35. The number of benzene rings is 2. The van der Waals surface area contributed by atoms with Crippen LogP contribution in [0, 0.1) is 12.8 Å². The van der Waals surface area contributed by atoms with E-state index in [1.807, 2.05) is 49.4 Å². The van der Waals surface area contributed by atoms with Gasteiger partial charge in [-0.2, -0.15) is 0 Å². The molecule has 1 aliphatic heterocycles. The molecule has 9 heteroatoms. The first-order chi connectivity index (χ1) is 16.0. The highest BCUT2D eigenvalue weighted by atomic mass is 32.1. The first-order valence-corrected chi connectivity index (χ1v) is 11.6. The number of carbonyl (C=O) groups excluding carboxylic acids is 3. The first kappa shape index (κ1) is 22.6. The van der Waals surface area contributed by atoms with Gasteiger partial charge in [0.15, 0.2) is 0 Å². The van der Waals surface area contributed by atoms with E-state index in [2.05, 4.69) is 20.8 Å². The minimum atomic E-state index is -0.412. The molecular formula is C24H25N5O3S. The SMILES string of the molecule is Cc1ccccc1CNC(=O)[C@H]1CCCN(C(=O)c2nnc(C(=O)Nc3ccccc3)s2)C1. The maximum Gasteiger partial charge on any atom is 0.286 e. The van der Waals surface area contributed by atoms with Gasteiger partial charge in [0.05, 0.1) is 5.92 Å². The van der Waals surface area contributed by atoms with E-state index in [-0.39, 0.29) is 27.7 Å². The Morgan fingerprint density at radius 3 is 2.55 bits per heavy atom. The van der Waals surface area contributed by atoms with Crippen molar-refractivity contribution in [1.82, 2.24) is 20.4 Å². The van der Waals surface area contributed by atoms with Gasteiger partial charge in [-0.3, -0.25) is 14.4 Å². The van der Waals surface area contributed by atoms with Gasteiger partial charge >= 0.3 is 0 Å². The Kier molecular flexibility index (Phi) is 7.09. The summed E-state index contributed by atoms with van der Waals surface area (Å²) in [5.41, 5.74) is 2.84. The molecule has 4 rings (SSSR count). The van der Waals surface area contributed by atoms with Crippen LogP contribution in [0.2, 0.25) is 0 Å². The second kappa shape index (κ2) is 10.4. The van der Waals surface area contributed by atoms with Crippen molar-refractivity contribution in [2.75, 3.05) is 18.4 Å². The number of likely N-dealkylation sites (tertiary alicyclic amines) is 1. The zero-order valence-corrected chi connectivity index (χ0v) is 19.1. The van der Waals surface area contributed by atoms with Crippen LogP contribution in [0.25, 0.3) is 0 Å². The lowest BCUT2D eigenvalue weighted by Gasteiger charge is -2.31. The first-order valence-electron chi connectivity index (χ1n) is 10.8. The summed E-state index contributed by atoms with van der Waals surface area (Å²) in [7, 11) is 0. The maximum absolute atomic E-state index is 13.0. The molecule has 3 amide bonds. The standard InChI is InChI=1S/C24H25N5O3S/c1-16-8-5-6-9-17(16)14-25-20(30)18-10-7-13-29(15-18)24(32)23-28-27-22(33-23)21(31)26-19-11-3-2-4-12-19/h2-6,8-9,11-12,18H,7,10,13-15H2,1H3,(H,25,30)(H,26,31)/t18-/m0/s1. The highest BCUT2D eigenvalue weighted by Crippen LogP contribution is 2.21. The van der Waals surface area contributed by atoms with Crippen LogP contribution in [-0.2, 0) is 11.3 Å². The minimum absolute atomic E-state index is 0.0593. The molecule has 0 bridgehead atoms. The summed E-state index contributed by atoms with van der Waals surface area (Å²) in [4.78, 5) is 39.7. The maximum atomic E-state index is 13.0. The van der Waals surface area contributed by atoms with Crippen molar-refractivity contribution in [2.24, 2.45) is 5.92 Å². The third-order valence-corrected chi connectivity index (χ3v) is 6.54. The zero-order chi connectivity index (χ0) is 23.2. The average molecular weight is 464 g/mol. The molecule has 170 valence electrons. The van der Waals surface area contributed by atoms with Crippen LogP contribution < -0.4 is 10.6 Å². The van der Waals surface area contributed by atoms with Gasteiger partial charge in [-0.1, -0.05) is 53.8 Å². The Morgan fingerprint density at radius 1 is 1.03 bits per heavy atom. The van der Waals surface area contributed by atoms with Crippen LogP contribution in [0.4, 0.5) is 5.69 Å². The number of hydrogen-bond donors (Lipinski definition) is 2. The summed E-state index contributed by atoms with van der Waals surface area (Å²) in [6, 6.07) is 16.9. The van der Waals surface area contributed by atoms with Crippen LogP contribution in [0.3, 0.4) is 0 Å². The van der Waals surface area contributed by atoms with Gasteiger partial charge in [0, 0.05) is 25.3 Å². The van der Waals surface area contributed by atoms with Crippen molar-refractivity contribution in [2.45, 2.75) is 26.3 Å². The van der Waals surface area contributed by atoms with E-state index < -0.39 is 5.91 Å². The van der Waals surface area contributed by atoms with Crippen LogP contribution in [0.15, 0.2) is 54.6 Å². The van der Waals surface area contributed by atoms with Crippen LogP contribution in [-0.4, -0.2) is 45.9 Å². The number of carbonyl (C=O) groups is 3. The number of piperidine rings is 1. The van der Waals surface area contributed by atoms with Gasteiger partial charge in [-0.25, -0.2) is 0 Å². The van der Waals surface area contributed by atoms with Gasteiger partial charge in [0.1, 0.15) is 0 Å². The van der Waals surface area contributed by atoms with Crippen LogP contribution in [0.5, 0.6) is 0 Å². The number of aryl methyl sites for hydroxylation is 1. The normalized spacial score (nSPS) is 15.7. The molecule has 1 aliphatic rings. The lowest BCUT2D eigenvalue weighted by Crippen LogP contribution is -2.45. The van der Waals surface area contributed by atoms with Gasteiger partial charge in [-0.05, 0) is 43.0 Å². The fraction of sp³-hybridized carbons (Fsp3) is 0.292. The fourth-order valence-corrected chi connectivity index (χ4v) is 4.46. The fourth-order valence-electron chi connectivity index (χ4n) is 3.75. The smallest absolute Gasteiger partial charge is 0.286 e. The third-order valence-electron chi connectivity index (χ3n) is 5.63. The van der Waals surface area contributed by atoms with Crippen LogP contribution in [0.1, 0.15) is 43.6 Å². The molecule has 0 radical (unpaired) electrons. The molecule has 0 saturated carbocycles. The summed E-state index contributed by atoms with van der Waals surface area (Å²) >= 11 is 0.955. The summed E-state index contributed by atoms with van der Waals surface area (Å²) in [5.74, 6) is -1.05. The summed E-state index contributed by atoms with van der Waals surface area (Å²) in [5, 5.41) is 13.8. The number of rotatable bonds is 6. The molecule has 2 aromatic carbocycles. The number of para-hydroxylation sites is 1. The molecule has 1 fully saturated rings. The Hall–Kier alpha value is -3.59. The number of amides is 3. The highest BCUT2D eigenvalue weighted by molar-refractivity contribution is 7.15. The number of nitrogens with one attached hydrogen (secondary N) is 2. The topological polar surface area (TPSA) is 104 Å². The predicted octanol–water partition coefficient (Wildman–Crippen LogP) is 3.27. The van der Waals surface area contributed by atoms with Crippen molar-refractivity contribution in [3.63, 3.8) is 0 Å². The molecule has 1 saturated heterocycles. The molecule has 3 aromatic rings. The Labute approximate surface area is 196 Å². The number of anilines is 1. The van der Waals surface area contributed by atoms with Gasteiger partial charge in [0.2, 0.25) is 15.9 Å². The molecule has 0 spiro atoms. The second-order valence-electron chi connectivity index (χ2n) is 7.97. The Morgan fingerprint density at radius 2 is 1.76 bits per heavy atom. The van der Waals surface area contributed by atoms with Crippen molar-refractivity contribution >= 4 is 34.7 Å². The van der Waals surface area contributed by atoms with E-state index in [0.29, 0.717) is 25.3 Å². The molecule has 8 nitrogen and oxygen atoms in total. The van der Waals surface area contributed by atoms with E-state index in [0.717, 1.165) is 35.3 Å². The molecular weight excluding hydrogens is 438 g/mol. The lowest BCUT2D eigenvalue weighted by atomic mass is 9.97. The van der Waals surface area contributed by atoms with Crippen molar-refractivity contribution < 1.29 is 14.4 Å². The molecule has 2 N–H and O–H groups in total. The number of aromatic nitrogens is 2. The van der Waals surface area contributed by atoms with E-state index in [1.54, 1.807) is 17.0 Å². The molecule has 1 atom stereocenters. The summed E-state index contributed by atoms with van der Waals surface area (Å²) in [6.07, 6.45) is 1.46. The van der Waals surface area contributed by atoms with Crippen molar-refractivity contribution in [3.8, 4) is 0 Å². The molecule has 1 aromatic heterocycles.